The van der Waals surface area contributed by atoms with Crippen molar-refractivity contribution in [3.05, 3.63) is 94.7 Å². The van der Waals surface area contributed by atoms with Crippen LogP contribution in [0.4, 0.5) is 0 Å². The van der Waals surface area contributed by atoms with Crippen LogP contribution >= 0.6 is 0 Å². The Hall–Kier alpha value is -3.11. The molecule has 0 fully saturated rings. The summed E-state index contributed by atoms with van der Waals surface area (Å²) in [4.78, 5) is 29.0. The van der Waals surface area contributed by atoms with Crippen LogP contribution in [0, 0.1) is 12.8 Å². The molecule has 1 heterocycles. The van der Waals surface area contributed by atoms with E-state index in [2.05, 4.69) is 34.1 Å². The van der Waals surface area contributed by atoms with Crippen molar-refractivity contribution >= 4 is 62.3 Å². The van der Waals surface area contributed by atoms with Crippen LogP contribution in [0.3, 0.4) is 0 Å². The molecule has 8 nitrogen and oxygen atoms in total. The zero-order chi connectivity index (χ0) is 31.1. The Morgan fingerprint density at radius 2 is 1.73 bits per heavy atom. The second-order valence-electron chi connectivity index (χ2n) is 11.0. The Labute approximate surface area is 282 Å². The first kappa shape index (κ1) is 35.4. The average Bonchev–Trinajstić information content (AvgIpc) is 3.41. The van der Waals surface area contributed by atoms with Gasteiger partial charge in [0, 0.05) is 46.6 Å². The molecule has 0 aliphatic rings. The number of ether oxygens (including phenoxy) is 1. The molecule has 2 atom stereocenters. The van der Waals surface area contributed by atoms with Gasteiger partial charge in [0.05, 0.1) is 12.0 Å². The number of sulfonamides is 1. The fourth-order valence-corrected chi connectivity index (χ4v) is 6.70. The summed E-state index contributed by atoms with van der Waals surface area (Å²) < 4.78 is 33.8. The van der Waals surface area contributed by atoms with Gasteiger partial charge in [0.25, 0.3) is 15.9 Å². The second-order valence-corrected chi connectivity index (χ2v) is 12.7. The molecule has 1 aromatic heterocycles. The molecule has 0 saturated heterocycles. The van der Waals surface area contributed by atoms with E-state index in [0.29, 0.717) is 24.3 Å². The van der Waals surface area contributed by atoms with Gasteiger partial charge in [0.1, 0.15) is 5.75 Å². The van der Waals surface area contributed by atoms with Crippen LogP contribution in [0.25, 0.3) is 10.9 Å². The number of carbonyl (C=O) groups is 2. The number of nitrogens with one attached hydrogen (secondary N) is 3. The SMILES string of the molecule is CCCNC(=O)C(C)Cc1ccc2[nH]cc(C(CCC)c3ccc(C(=O)NS(=O)(=O)c4ccccc4C)cc3OC)c2c1.[NaH]. The van der Waals surface area contributed by atoms with Crippen molar-refractivity contribution in [3.8, 4) is 5.75 Å². The van der Waals surface area contributed by atoms with E-state index in [-0.39, 0.29) is 57.8 Å². The topological polar surface area (TPSA) is 117 Å². The zero-order valence-corrected chi connectivity index (χ0v) is 26.3. The van der Waals surface area contributed by atoms with Crippen LogP contribution in [0.1, 0.15) is 78.6 Å². The van der Waals surface area contributed by atoms with Gasteiger partial charge < -0.3 is 15.0 Å². The number of carbonyl (C=O) groups excluding carboxylic acids is 2. The van der Waals surface area contributed by atoms with E-state index < -0.39 is 15.9 Å². The number of amides is 2. The number of aromatic nitrogens is 1. The molecule has 0 bridgehead atoms. The van der Waals surface area contributed by atoms with Gasteiger partial charge in [-0.25, -0.2) is 13.1 Å². The van der Waals surface area contributed by atoms with Crippen LogP contribution < -0.4 is 14.8 Å². The molecular formula is C34H42N3NaO5S. The van der Waals surface area contributed by atoms with Crippen LogP contribution in [0.15, 0.2) is 71.8 Å². The maximum atomic E-state index is 13.1. The summed E-state index contributed by atoms with van der Waals surface area (Å²) in [6.45, 7) is 8.46. The fraction of sp³-hybridized carbons (Fsp3) is 0.353. The van der Waals surface area contributed by atoms with E-state index in [1.807, 2.05) is 32.2 Å². The first-order valence-corrected chi connectivity index (χ1v) is 16.3. The molecule has 10 heteroatoms. The van der Waals surface area contributed by atoms with Crippen molar-refractivity contribution in [1.82, 2.24) is 15.0 Å². The van der Waals surface area contributed by atoms with E-state index in [1.165, 1.54) is 6.07 Å². The summed E-state index contributed by atoms with van der Waals surface area (Å²) in [6.07, 6.45) is 5.29. The van der Waals surface area contributed by atoms with Gasteiger partial charge in [-0.1, -0.05) is 57.5 Å². The van der Waals surface area contributed by atoms with Gasteiger partial charge in [0.2, 0.25) is 5.91 Å². The summed E-state index contributed by atoms with van der Waals surface area (Å²) in [5.41, 5.74) is 4.82. The molecule has 4 rings (SSSR count). The molecule has 3 aromatic carbocycles. The summed E-state index contributed by atoms with van der Waals surface area (Å²) in [7, 11) is -2.50. The Morgan fingerprint density at radius 3 is 2.41 bits per heavy atom. The first-order chi connectivity index (χ1) is 20.6. The molecule has 0 aliphatic carbocycles. The number of aromatic amines is 1. The molecule has 2 unspecified atom stereocenters. The summed E-state index contributed by atoms with van der Waals surface area (Å²) >= 11 is 0. The minimum absolute atomic E-state index is 0. The normalized spacial score (nSPS) is 12.7. The van der Waals surface area contributed by atoms with Crippen molar-refractivity contribution in [1.29, 1.82) is 0 Å². The zero-order valence-electron chi connectivity index (χ0n) is 25.5. The molecular weight excluding hydrogens is 585 g/mol. The molecule has 2 amide bonds. The first-order valence-electron chi connectivity index (χ1n) is 14.8. The number of H-pyrrole nitrogens is 1. The third-order valence-corrected chi connectivity index (χ3v) is 9.24. The van der Waals surface area contributed by atoms with Crippen LogP contribution in [-0.4, -0.2) is 68.4 Å². The number of methoxy groups -OCH3 is 1. The third-order valence-electron chi connectivity index (χ3n) is 7.75. The molecule has 44 heavy (non-hydrogen) atoms. The maximum absolute atomic E-state index is 13.1. The number of fused-ring (bicyclic) bond motifs is 1. The van der Waals surface area contributed by atoms with E-state index in [0.717, 1.165) is 46.9 Å². The second kappa shape index (κ2) is 15.8. The third kappa shape index (κ3) is 8.13. The van der Waals surface area contributed by atoms with Gasteiger partial charge in [-0.15, -0.1) is 0 Å². The number of aryl methyl sites for hydroxylation is 1. The van der Waals surface area contributed by atoms with Crippen molar-refractivity contribution in [3.63, 3.8) is 0 Å². The van der Waals surface area contributed by atoms with Crippen molar-refractivity contribution < 1.29 is 22.7 Å². The molecule has 0 radical (unpaired) electrons. The van der Waals surface area contributed by atoms with Gasteiger partial charge >= 0.3 is 29.6 Å². The van der Waals surface area contributed by atoms with E-state index in [4.69, 9.17) is 4.74 Å². The quantitative estimate of drug-likeness (QED) is 0.167. The fourth-order valence-electron chi connectivity index (χ4n) is 5.47. The molecule has 3 N–H and O–H groups in total. The van der Waals surface area contributed by atoms with Crippen LogP contribution in [0.5, 0.6) is 5.75 Å². The predicted octanol–water partition coefficient (Wildman–Crippen LogP) is 5.59. The molecule has 4 aromatic rings. The molecule has 0 saturated carbocycles. The van der Waals surface area contributed by atoms with Gasteiger partial charge in [-0.2, -0.15) is 0 Å². The molecule has 230 valence electrons. The molecule has 0 aliphatic heterocycles. The monoisotopic (exact) mass is 627 g/mol. The summed E-state index contributed by atoms with van der Waals surface area (Å²) in [5, 5.41) is 4.05. The van der Waals surface area contributed by atoms with Crippen LogP contribution in [0.2, 0.25) is 0 Å². The standard InChI is InChI=1S/C34H41N3O5S.Na.H/c1-6-10-26(29-21-36-30-16-13-24(19-28(29)30)18-23(4)33(38)35-17-7-2)27-15-14-25(20-31(27)42-5)34(39)37-43(40,41)32-12-9-8-11-22(32)3;;/h8-9,11-16,19-21,23,26,36H,6-7,10,17-18H2,1-5H3,(H,35,38)(H,37,39);;. The van der Waals surface area contributed by atoms with Gasteiger partial charge in [-0.3, -0.25) is 9.59 Å². The number of hydrogen-bond acceptors (Lipinski definition) is 5. The molecule has 0 spiro atoms. The summed E-state index contributed by atoms with van der Waals surface area (Å²) in [5.74, 6) is -0.353. The van der Waals surface area contributed by atoms with Crippen molar-refractivity contribution in [2.45, 2.75) is 64.2 Å². The van der Waals surface area contributed by atoms with E-state index in [9.17, 15) is 18.0 Å². The Balaban J connectivity index is 0.00000529. The number of benzene rings is 3. The van der Waals surface area contributed by atoms with Gasteiger partial charge in [-0.05, 0) is 73.2 Å². The van der Waals surface area contributed by atoms with E-state index >= 15 is 0 Å². The Kier molecular flexibility index (Phi) is 12.7. The van der Waals surface area contributed by atoms with Crippen molar-refractivity contribution in [2.24, 2.45) is 5.92 Å². The van der Waals surface area contributed by atoms with Crippen molar-refractivity contribution in [2.75, 3.05) is 13.7 Å². The van der Waals surface area contributed by atoms with Crippen LogP contribution in [-0.2, 0) is 21.2 Å². The Morgan fingerprint density at radius 1 is 0.977 bits per heavy atom. The predicted molar refractivity (Wildman–Crippen MR) is 177 cm³/mol. The van der Waals surface area contributed by atoms with Gasteiger partial charge in [0.15, 0.2) is 0 Å². The Bertz CT molecular complexity index is 1720. The van der Waals surface area contributed by atoms with E-state index in [1.54, 1.807) is 44.4 Å². The average molecular weight is 628 g/mol. The summed E-state index contributed by atoms with van der Waals surface area (Å²) in [6, 6.07) is 17.9. The number of rotatable bonds is 13. The number of hydrogen-bond donors (Lipinski definition) is 3. The minimum atomic E-state index is -4.05.